The Kier molecular flexibility index (Phi) is 7.26. The number of aliphatic hydroxyl groups excluding tert-OH is 1. The molecule has 23 heavy (non-hydrogen) atoms. The van der Waals surface area contributed by atoms with Crippen molar-refractivity contribution in [1.82, 2.24) is 0 Å². The first-order chi connectivity index (χ1) is 11.1. The van der Waals surface area contributed by atoms with Gasteiger partial charge in [-0.05, 0) is 64.8 Å². The molecular weight excluding hydrogens is 410 g/mol. The molecule has 3 nitrogen and oxygen atoms in total. The lowest BCUT2D eigenvalue weighted by atomic mass is 10.1. The Morgan fingerprint density at radius 3 is 2.61 bits per heavy atom. The highest BCUT2D eigenvalue weighted by atomic mass is 127. The van der Waals surface area contributed by atoms with Crippen LogP contribution in [0.1, 0.15) is 17.5 Å². The lowest BCUT2D eigenvalue weighted by molar-refractivity contribution is 0.0121. The van der Waals surface area contributed by atoms with Crippen LogP contribution in [-0.4, -0.2) is 22.4 Å². The molecule has 0 amide bonds. The second kappa shape index (κ2) is 9.20. The highest BCUT2D eigenvalue weighted by Gasteiger charge is 2.17. The predicted octanol–water partition coefficient (Wildman–Crippen LogP) is 4.11. The monoisotopic (exact) mass is 430 g/mol. The average Bonchev–Trinajstić information content (AvgIpc) is 2.58. The van der Waals surface area contributed by atoms with Crippen LogP contribution in [-0.2, 0) is 17.8 Å². The number of hydrogen-bond donors (Lipinski definition) is 1. The summed E-state index contributed by atoms with van der Waals surface area (Å²) in [6.45, 7) is 0.453. The van der Waals surface area contributed by atoms with Crippen LogP contribution in [0.15, 0.2) is 48.5 Å². The lowest BCUT2D eigenvalue weighted by Crippen LogP contribution is -2.23. The molecule has 0 bridgehead atoms. The van der Waals surface area contributed by atoms with Gasteiger partial charge in [0, 0.05) is 0 Å². The van der Waals surface area contributed by atoms with Crippen LogP contribution in [0.4, 0.5) is 4.39 Å². The van der Waals surface area contributed by atoms with Crippen LogP contribution < -0.4 is 4.74 Å². The van der Waals surface area contributed by atoms with E-state index in [-0.39, 0.29) is 9.93 Å². The maximum absolute atomic E-state index is 13.3. The van der Waals surface area contributed by atoms with Crippen LogP contribution in [0, 0.1) is 5.82 Å². The Hall–Kier alpha value is -1.18. The molecule has 0 saturated heterocycles. The summed E-state index contributed by atoms with van der Waals surface area (Å²) in [7, 11) is 1.55. The van der Waals surface area contributed by atoms with Crippen LogP contribution in [0.25, 0.3) is 0 Å². The van der Waals surface area contributed by atoms with E-state index in [1.54, 1.807) is 13.2 Å². The maximum Gasteiger partial charge on any atom is 0.135 e. The van der Waals surface area contributed by atoms with Gasteiger partial charge >= 0.3 is 0 Å². The van der Waals surface area contributed by atoms with E-state index in [4.69, 9.17) is 9.47 Å². The highest BCUT2D eigenvalue weighted by Crippen LogP contribution is 2.23. The molecule has 0 heterocycles. The van der Waals surface area contributed by atoms with E-state index in [0.717, 1.165) is 11.1 Å². The van der Waals surface area contributed by atoms with Gasteiger partial charge in [-0.25, -0.2) is 4.39 Å². The van der Waals surface area contributed by atoms with Gasteiger partial charge in [0.25, 0.3) is 0 Å². The molecule has 5 heteroatoms. The minimum absolute atomic E-state index is 0.304. The van der Waals surface area contributed by atoms with Crippen LogP contribution in [0.3, 0.4) is 0 Å². The van der Waals surface area contributed by atoms with E-state index in [1.807, 2.05) is 30.3 Å². The summed E-state index contributed by atoms with van der Waals surface area (Å²) in [4.78, 5) is 0. The first-order valence-electron chi connectivity index (χ1n) is 7.40. The minimum Gasteiger partial charge on any atom is -0.496 e. The number of benzene rings is 2. The van der Waals surface area contributed by atoms with E-state index in [0.29, 0.717) is 25.2 Å². The molecule has 0 fully saturated rings. The number of alkyl halides is 1. The van der Waals surface area contributed by atoms with Crippen molar-refractivity contribution in [2.75, 3.05) is 7.11 Å². The zero-order chi connectivity index (χ0) is 16.7. The second-order valence-electron chi connectivity index (χ2n) is 5.21. The number of ether oxygens (including phenoxy) is 2. The SMILES string of the molecule is COc1ccc(F)cc1CCC(O)[C@H](I)OCc1ccccc1. The van der Waals surface area contributed by atoms with Crippen molar-refractivity contribution in [3.63, 3.8) is 0 Å². The van der Waals surface area contributed by atoms with E-state index in [2.05, 4.69) is 22.6 Å². The molecular formula is C18H20FIO3. The molecule has 0 radical (unpaired) electrons. The molecule has 0 aliphatic rings. The van der Waals surface area contributed by atoms with Gasteiger partial charge in [0.05, 0.1) is 19.8 Å². The van der Waals surface area contributed by atoms with Crippen molar-refractivity contribution < 1.29 is 19.0 Å². The van der Waals surface area contributed by atoms with Gasteiger partial charge in [0.15, 0.2) is 0 Å². The number of halogens is 2. The fourth-order valence-corrected chi connectivity index (χ4v) is 2.78. The zero-order valence-electron chi connectivity index (χ0n) is 12.9. The summed E-state index contributed by atoms with van der Waals surface area (Å²) < 4.78 is 23.9. The molecule has 0 aliphatic heterocycles. The van der Waals surface area contributed by atoms with E-state index in [9.17, 15) is 9.50 Å². The highest BCUT2D eigenvalue weighted by molar-refractivity contribution is 14.1. The smallest absolute Gasteiger partial charge is 0.135 e. The number of aryl methyl sites for hydroxylation is 1. The van der Waals surface area contributed by atoms with E-state index in [1.165, 1.54) is 12.1 Å². The summed E-state index contributed by atoms with van der Waals surface area (Å²) in [5.41, 5.74) is 1.81. The topological polar surface area (TPSA) is 38.7 Å². The maximum atomic E-state index is 13.3. The van der Waals surface area contributed by atoms with Crippen molar-refractivity contribution in [2.45, 2.75) is 29.7 Å². The summed E-state index contributed by atoms with van der Waals surface area (Å²) in [5, 5.41) is 10.2. The molecule has 2 aromatic carbocycles. The van der Waals surface area contributed by atoms with Crippen molar-refractivity contribution in [2.24, 2.45) is 0 Å². The molecule has 1 N–H and O–H groups in total. The van der Waals surface area contributed by atoms with Crippen molar-refractivity contribution in [1.29, 1.82) is 0 Å². The number of hydrogen-bond acceptors (Lipinski definition) is 3. The Morgan fingerprint density at radius 2 is 1.91 bits per heavy atom. The summed E-state index contributed by atoms with van der Waals surface area (Å²) in [6, 6.07) is 14.2. The van der Waals surface area contributed by atoms with Crippen LogP contribution in [0.2, 0.25) is 0 Å². The lowest BCUT2D eigenvalue weighted by Gasteiger charge is -2.18. The normalized spacial score (nSPS) is 13.6. The first kappa shape index (κ1) is 18.2. The van der Waals surface area contributed by atoms with Gasteiger partial charge in [-0.3, -0.25) is 0 Å². The molecule has 0 aliphatic carbocycles. The summed E-state index contributed by atoms with van der Waals surface area (Å²) in [6.07, 6.45) is 0.366. The fourth-order valence-electron chi connectivity index (χ4n) is 2.24. The van der Waals surface area contributed by atoms with Crippen molar-refractivity contribution >= 4 is 22.6 Å². The van der Waals surface area contributed by atoms with Crippen molar-refractivity contribution in [3.8, 4) is 5.75 Å². The number of methoxy groups -OCH3 is 1. The Morgan fingerprint density at radius 1 is 1.17 bits per heavy atom. The largest absolute Gasteiger partial charge is 0.496 e. The van der Waals surface area contributed by atoms with Gasteiger partial charge in [-0.1, -0.05) is 30.3 Å². The summed E-state index contributed by atoms with van der Waals surface area (Å²) in [5.74, 6) is 0.329. The van der Waals surface area contributed by atoms with Gasteiger partial charge in [0.1, 0.15) is 15.7 Å². The number of rotatable bonds is 8. The third-order valence-corrected chi connectivity index (χ3v) is 4.70. The summed E-state index contributed by atoms with van der Waals surface area (Å²) >= 11 is 2.08. The molecule has 1 unspecified atom stereocenters. The van der Waals surface area contributed by atoms with Crippen molar-refractivity contribution in [3.05, 3.63) is 65.5 Å². The number of aliphatic hydroxyl groups is 1. The zero-order valence-corrected chi connectivity index (χ0v) is 15.1. The average molecular weight is 430 g/mol. The van der Waals surface area contributed by atoms with Gasteiger partial charge in [-0.15, -0.1) is 0 Å². The molecule has 2 atom stereocenters. The minimum atomic E-state index is -0.632. The molecule has 0 aromatic heterocycles. The fraction of sp³-hybridized carbons (Fsp3) is 0.333. The van der Waals surface area contributed by atoms with Gasteiger partial charge < -0.3 is 14.6 Å². The standard InChI is InChI=1S/C18H20FIO3/c1-22-17-10-8-15(19)11-14(17)7-9-16(21)18(20)23-12-13-5-3-2-4-6-13/h2-6,8,10-11,16,18,21H,7,9,12H2,1H3/t16?,18-/m1/s1. The predicted molar refractivity (Wildman–Crippen MR) is 96.3 cm³/mol. The quantitative estimate of drug-likeness (QED) is 0.506. The molecule has 124 valence electrons. The molecule has 2 rings (SSSR count). The van der Waals surface area contributed by atoms with Crippen LogP contribution >= 0.6 is 22.6 Å². The Bertz CT molecular complexity index is 606. The van der Waals surface area contributed by atoms with E-state index < -0.39 is 6.10 Å². The van der Waals surface area contributed by atoms with Crippen LogP contribution in [0.5, 0.6) is 5.75 Å². The Labute approximate surface area is 149 Å². The molecule has 0 saturated carbocycles. The van der Waals surface area contributed by atoms with Gasteiger partial charge in [-0.2, -0.15) is 0 Å². The Balaban J connectivity index is 1.84. The first-order valence-corrected chi connectivity index (χ1v) is 8.65. The van der Waals surface area contributed by atoms with Gasteiger partial charge in [0.2, 0.25) is 0 Å². The molecule has 0 spiro atoms. The molecule has 2 aromatic rings. The third kappa shape index (κ3) is 5.75. The third-order valence-electron chi connectivity index (χ3n) is 3.51. The second-order valence-corrected chi connectivity index (χ2v) is 6.44. The van der Waals surface area contributed by atoms with E-state index >= 15 is 0 Å².